The predicted octanol–water partition coefficient (Wildman–Crippen LogP) is 1.07. The maximum absolute atomic E-state index is 5.37. The minimum absolute atomic E-state index is 0.356. The quantitative estimate of drug-likeness (QED) is 0.595. The third kappa shape index (κ3) is 6.66. The zero-order chi connectivity index (χ0) is 8.74. The zero-order valence-electron chi connectivity index (χ0n) is 7.81. The number of rotatable bonds is 6. The Morgan fingerprint density at radius 2 is 2.09 bits per heavy atom. The molecule has 0 aromatic carbocycles. The van der Waals surface area contributed by atoms with Crippen molar-refractivity contribution in [2.45, 2.75) is 25.0 Å². The first kappa shape index (κ1) is 11.3. The molecule has 0 spiro atoms. The molecular weight excluding hydrogens is 156 g/mol. The van der Waals surface area contributed by atoms with E-state index in [9.17, 15) is 0 Å². The van der Waals surface area contributed by atoms with Crippen molar-refractivity contribution in [3.63, 3.8) is 0 Å². The van der Waals surface area contributed by atoms with Gasteiger partial charge in [0.25, 0.3) is 0 Å². The third-order valence-corrected chi connectivity index (χ3v) is 2.91. The van der Waals surface area contributed by atoms with Crippen LogP contribution >= 0.6 is 11.8 Å². The van der Waals surface area contributed by atoms with Crippen LogP contribution in [0.2, 0.25) is 0 Å². The van der Waals surface area contributed by atoms with Gasteiger partial charge < -0.3 is 11.1 Å². The highest BCUT2D eigenvalue weighted by molar-refractivity contribution is 7.99. The third-order valence-electron chi connectivity index (χ3n) is 1.66. The first-order valence-electron chi connectivity index (χ1n) is 4.08. The molecule has 0 aliphatic rings. The Morgan fingerprint density at radius 1 is 1.45 bits per heavy atom. The van der Waals surface area contributed by atoms with E-state index in [0.717, 1.165) is 26.1 Å². The molecule has 0 rings (SSSR count). The Labute approximate surface area is 74.3 Å². The molecule has 0 heterocycles. The molecule has 0 saturated heterocycles. The molecular formula is C8H20N2S. The summed E-state index contributed by atoms with van der Waals surface area (Å²) in [5, 5.41) is 3.38. The molecule has 11 heavy (non-hydrogen) atoms. The van der Waals surface area contributed by atoms with Crippen molar-refractivity contribution in [2.75, 3.05) is 25.9 Å². The lowest BCUT2D eigenvalue weighted by Crippen LogP contribution is -2.33. The standard InChI is InChI=1S/C8H20N2S/c1-8(2,11-3)7-10-6-4-5-9/h10H,4-7,9H2,1-3H3. The van der Waals surface area contributed by atoms with Crippen LogP contribution in [0.4, 0.5) is 0 Å². The first-order chi connectivity index (χ1) is 5.12. The summed E-state index contributed by atoms with van der Waals surface area (Å²) in [5.41, 5.74) is 5.37. The first-order valence-corrected chi connectivity index (χ1v) is 5.31. The van der Waals surface area contributed by atoms with Gasteiger partial charge in [-0.15, -0.1) is 0 Å². The molecule has 0 aromatic heterocycles. The van der Waals surface area contributed by atoms with Crippen molar-refractivity contribution < 1.29 is 0 Å². The smallest absolute Gasteiger partial charge is 0.0225 e. The van der Waals surface area contributed by atoms with Crippen LogP contribution in [0.3, 0.4) is 0 Å². The lowest BCUT2D eigenvalue weighted by molar-refractivity contribution is 0.579. The van der Waals surface area contributed by atoms with Crippen LogP contribution in [0.1, 0.15) is 20.3 Å². The van der Waals surface area contributed by atoms with Crippen LogP contribution in [-0.2, 0) is 0 Å². The average Bonchev–Trinajstić information content (AvgIpc) is 1.99. The van der Waals surface area contributed by atoms with Gasteiger partial charge in [0.15, 0.2) is 0 Å². The van der Waals surface area contributed by atoms with Gasteiger partial charge in [-0.05, 0) is 39.6 Å². The summed E-state index contributed by atoms with van der Waals surface area (Å²) < 4.78 is 0.356. The van der Waals surface area contributed by atoms with Gasteiger partial charge in [0, 0.05) is 11.3 Å². The number of thioether (sulfide) groups is 1. The van der Waals surface area contributed by atoms with Crippen molar-refractivity contribution in [1.82, 2.24) is 5.32 Å². The maximum atomic E-state index is 5.37. The SMILES string of the molecule is CSC(C)(C)CNCCCN. The van der Waals surface area contributed by atoms with Crippen LogP contribution in [0.5, 0.6) is 0 Å². The van der Waals surface area contributed by atoms with E-state index in [1.54, 1.807) is 0 Å². The Balaban J connectivity index is 3.23. The van der Waals surface area contributed by atoms with Gasteiger partial charge in [-0.25, -0.2) is 0 Å². The topological polar surface area (TPSA) is 38.0 Å². The predicted molar refractivity (Wildman–Crippen MR) is 54.1 cm³/mol. The second kappa shape index (κ2) is 5.86. The molecule has 2 nitrogen and oxygen atoms in total. The van der Waals surface area contributed by atoms with Gasteiger partial charge >= 0.3 is 0 Å². The molecule has 0 radical (unpaired) electrons. The van der Waals surface area contributed by atoms with Crippen molar-refractivity contribution in [3.8, 4) is 0 Å². The highest BCUT2D eigenvalue weighted by atomic mass is 32.2. The van der Waals surface area contributed by atoms with Crippen molar-refractivity contribution >= 4 is 11.8 Å². The molecule has 0 atom stereocenters. The van der Waals surface area contributed by atoms with E-state index in [2.05, 4.69) is 25.4 Å². The second-order valence-corrected chi connectivity index (χ2v) is 4.80. The molecule has 0 aliphatic carbocycles. The molecule has 68 valence electrons. The van der Waals surface area contributed by atoms with Gasteiger partial charge in [0.2, 0.25) is 0 Å². The fourth-order valence-electron chi connectivity index (χ4n) is 0.689. The molecule has 0 saturated carbocycles. The van der Waals surface area contributed by atoms with Gasteiger partial charge in [0.05, 0.1) is 0 Å². The summed E-state index contributed by atoms with van der Waals surface area (Å²) in [7, 11) is 0. The molecule has 0 aromatic rings. The van der Waals surface area contributed by atoms with Crippen molar-refractivity contribution in [1.29, 1.82) is 0 Å². The van der Waals surface area contributed by atoms with Crippen LogP contribution < -0.4 is 11.1 Å². The lowest BCUT2D eigenvalue weighted by Gasteiger charge is -2.22. The Bertz CT molecular complexity index is 94.1. The minimum Gasteiger partial charge on any atom is -0.330 e. The molecule has 0 fully saturated rings. The lowest BCUT2D eigenvalue weighted by atomic mass is 10.2. The number of hydrogen-bond acceptors (Lipinski definition) is 3. The fraction of sp³-hybridized carbons (Fsp3) is 1.00. The minimum atomic E-state index is 0.356. The highest BCUT2D eigenvalue weighted by Gasteiger charge is 2.13. The van der Waals surface area contributed by atoms with Crippen LogP contribution in [0.25, 0.3) is 0 Å². The van der Waals surface area contributed by atoms with Crippen LogP contribution in [0.15, 0.2) is 0 Å². The van der Waals surface area contributed by atoms with E-state index >= 15 is 0 Å². The van der Waals surface area contributed by atoms with E-state index in [-0.39, 0.29) is 0 Å². The van der Waals surface area contributed by atoms with E-state index in [4.69, 9.17) is 5.73 Å². The van der Waals surface area contributed by atoms with Gasteiger partial charge in [-0.2, -0.15) is 11.8 Å². The van der Waals surface area contributed by atoms with E-state index < -0.39 is 0 Å². The largest absolute Gasteiger partial charge is 0.330 e. The summed E-state index contributed by atoms with van der Waals surface area (Å²) in [6.45, 7) is 7.38. The Kier molecular flexibility index (Phi) is 6.01. The number of nitrogens with one attached hydrogen (secondary N) is 1. The molecule has 3 N–H and O–H groups in total. The number of nitrogens with two attached hydrogens (primary N) is 1. The maximum Gasteiger partial charge on any atom is 0.0225 e. The van der Waals surface area contributed by atoms with Crippen molar-refractivity contribution in [3.05, 3.63) is 0 Å². The normalized spacial score (nSPS) is 12.0. The second-order valence-electron chi connectivity index (χ2n) is 3.28. The summed E-state index contributed by atoms with van der Waals surface area (Å²) in [6, 6.07) is 0. The van der Waals surface area contributed by atoms with Gasteiger partial charge in [-0.3, -0.25) is 0 Å². The Morgan fingerprint density at radius 3 is 2.55 bits per heavy atom. The van der Waals surface area contributed by atoms with E-state index in [1.807, 2.05) is 11.8 Å². The molecule has 0 unspecified atom stereocenters. The van der Waals surface area contributed by atoms with Crippen molar-refractivity contribution in [2.24, 2.45) is 5.73 Å². The molecule has 0 aliphatic heterocycles. The average molecular weight is 176 g/mol. The summed E-state index contributed by atoms with van der Waals surface area (Å²) >= 11 is 1.89. The fourth-order valence-corrected chi connectivity index (χ4v) is 0.935. The van der Waals surface area contributed by atoms with Crippen LogP contribution in [0, 0.1) is 0 Å². The summed E-state index contributed by atoms with van der Waals surface area (Å²) in [4.78, 5) is 0. The highest BCUT2D eigenvalue weighted by Crippen LogP contribution is 2.19. The molecule has 0 bridgehead atoms. The van der Waals surface area contributed by atoms with E-state index in [0.29, 0.717) is 4.75 Å². The van der Waals surface area contributed by atoms with E-state index in [1.165, 1.54) is 0 Å². The van der Waals surface area contributed by atoms with Gasteiger partial charge in [0.1, 0.15) is 0 Å². The summed E-state index contributed by atoms with van der Waals surface area (Å²) in [6.07, 6.45) is 3.22. The molecule has 3 heteroatoms. The zero-order valence-corrected chi connectivity index (χ0v) is 8.63. The monoisotopic (exact) mass is 176 g/mol. The number of hydrogen-bond donors (Lipinski definition) is 2. The molecule has 0 amide bonds. The summed E-state index contributed by atoms with van der Waals surface area (Å²) in [5.74, 6) is 0. The van der Waals surface area contributed by atoms with Crippen LogP contribution in [-0.4, -0.2) is 30.6 Å². The van der Waals surface area contributed by atoms with Gasteiger partial charge in [-0.1, -0.05) is 0 Å². The Hall–Kier alpha value is 0.270.